The Morgan fingerprint density at radius 3 is 2.68 bits per heavy atom. The first kappa shape index (κ1) is 24.5. The highest BCUT2D eigenvalue weighted by molar-refractivity contribution is 7.80. The van der Waals surface area contributed by atoms with Gasteiger partial charge in [0.2, 0.25) is 0 Å². The van der Waals surface area contributed by atoms with Crippen LogP contribution in [-0.4, -0.2) is 61.4 Å². The van der Waals surface area contributed by atoms with E-state index in [0.29, 0.717) is 5.11 Å². The molecule has 1 atom stereocenters. The van der Waals surface area contributed by atoms with Crippen LogP contribution in [0.5, 0.6) is 5.75 Å². The number of anilines is 1. The Morgan fingerprint density at radius 1 is 1.15 bits per heavy atom. The summed E-state index contributed by atoms with van der Waals surface area (Å²) in [7, 11) is 1.67. The normalized spacial score (nSPS) is 15.3. The zero-order chi connectivity index (χ0) is 24.1. The predicted molar refractivity (Wildman–Crippen MR) is 142 cm³/mol. The third kappa shape index (κ3) is 5.71. The van der Waals surface area contributed by atoms with E-state index in [0.717, 1.165) is 74.0 Å². The van der Waals surface area contributed by atoms with E-state index in [9.17, 15) is 0 Å². The summed E-state index contributed by atoms with van der Waals surface area (Å²) >= 11 is 5.92. The van der Waals surface area contributed by atoms with E-state index in [4.69, 9.17) is 26.1 Å². The molecule has 1 aliphatic heterocycles. The minimum Gasteiger partial charge on any atom is -0.493 e. The van der Waals surface area contributed by atoms with Gasteiger partial charge in [-0.3, -0.25) is 4.90 Å². The summed E-state index contributed by atoms with van der Waals surface area (Å²) in [5, 5.41) is 5.19. The van der Waals surface area contributed by atoms with E-state index in [1.807, 2.05) is 18.2 Å². The molecule has 182 valence electrons. The molecule has 0 spiro atoms. The monoisotopic (exact) mass is 481 g/mol. The lowest BCUT2D eigenvalue weighted by Crippen LogP contribution is -2.41. The number of rotatable bonds is 8. The van der Waals surface area contributed by atoms with Gasteiger partial charge in [0.25, 0.3) is 0 Å². The molecule has 0 bridgehead atoms. The Labute approximate surface area is 207 Å². The molecule has 0 saturated carbocycles. The third-order valence-corrected chi connectivity index (χ3v) is 6.96. The van der Waals surface area contributed by atoms with Crippen LogP contribution in [0.3, 0.4) is 0 Å². The van der Waals surface area contributed by atoms with Crippen molar-refractivity contribution in [1.29, 1.82) is 0 Å². The van der Waals surface area contributed by atoms with Gasteiger partial charge >= 0.3 is 0 Å². The van der Waals surface area contributed by atoms with Crippen LogP contribution in [0.15, 0.2) is 46.9 Å². The molecular weight excluding hydrogens is 446 g/mol. The molecule has 2 aromatic carbocycles. The highest BCUT2D eigenvalue weighted by atomic mass is 32.1. The summed E-state index contributed by atoms with van der Waals surface area (Å²) in [5.74, 6) is 1.61. The smallest absolute Gasteiger partial charge is 0.176 e. The lowest BCUT2D eigenvalue weighted by atomic mass is 10.1. The van der Waals surface area contributed by atoms with Crippen molar-refractivity contribution in [3.63, 3.8) is 0 Å². The molecule has 0 radical (unpaired) electrons. The molecule has 1 fully saturated rings. The van der Waals surface area contributed by atoms with Crippen molar-refractivity contribution in [3.05, 3.63) is 59.4 Å². The van der Waals surface area contributed by atoms with E-state index in [1.165, 1.54) is 11.1 Å². The molecule has 2 heterocycles. The predicted octanol–water partition coefficient (Wildman–Crippen LogP) is 5.54. The van der Waals surface area contributed by atoms with Crippen molar-refractivity contribution in [3.8, 4) is 5.75 Å². The van der Waals surface area contributed by atoms with Crippen LogP contribution in [0, 0.1) is 13.8 Å². The number of ether oxygens (including phenoxy) is 2. The van der Waals surface area contributed by atoms with E-state index >= 15 is 0 Å². The fourth-order valence-electron chi connectivity index (χ4n) is 4.35. The van der Waals surface area contributed by atoms with Crippen LogP contribution in [-0.2, 0) is 4.74 Å². The highest BCUT2D eigenvalue weighted by Crippen LogP contribution is 2.33. The average molecular weight is 482 g/mol. The standard InChI is InChI=1S/C27H35N3O3S/c1-19-9-10-23(17-20(19)2)28-27(34)30(12-6-11-29-13-15-32-16-14-29)21(3)25-18-22-7-5-8-24(31-4)26(22)33-25/h5,7-10,17-18,21H,6,11-16H2,1-4H3,(H,28,34)/t21-/m0/s1. The van der Waals surface area contributed by atoms with E-state index < -0.39 is 0 Å². The molecule has 1 saturated heterocycles. The molecular formula is C27H35N3O3S. The number of aryl methyl sites for hydroxylation is 2. The summed E-state index contributed by atoms with van der Waals surface area (Å²) < 4.78 is 17.3. The number of nitrogens with zero attached hydrogens (tertiary/aromatic N) is 2. The molecule has 1 N–H and O–H groups in total. The van der Waals surface area contributed by atoms with Crippen LogP contribution in [0.2, 0.25) is 0 Å². The van der Waals surface area contributed by atoms with Crippen LogP contribution in [0.4, 0.5) is 5.69 Å². The van der Waals surface area contributed by atoms with Crippen molar-refractivity contribution in [1.82, 2.24) is 9.80 Å². The van der Waals surface area contributed by atoms with Crippen molar-refractivity contribution in [2.24, 2.45) is 0 Å². The number of hydrogen-bond acceptors (Lipinski definition) is 5. The molecule has 6 nitrogen and oxygen atoms in total. The van der Waals surface area contributed by atoms with Crippen LogP contribution >= 0.6 is 12.2 Å². The molecule has 1 aliphatic rings. The molecule has 7 heteroatoms. The van der Waals surface area contributed by atoms with Gasteiger partial charge in [-0.25, -0.2) is 0 Å². The van der Waals surface area contributed by atoms with E-state index in [2.05, 4.69) is 60.2 Å². The lowest BCUT2D eigenvalue weighted by Gasteiger charge is -2.32. The Balaban J connectivity index is 1.53. The molecule has 1 aromatic heterocycles. The fraction of sp³-hybridized carbons (Fsp3) is 0.444. The van der Waals surface area contributed by atoms with Gasteiger partial charge < -0.3 is 24.1 Å². The zero-order valence-electron chi connectivity index (χ0n) is 20.6. The Bertz CT molecular complexity index is 1120. The second-order valence-electron chi connectivity index (χ2n) is 8.93. The van der Waals surface area contributed by atoms with Gasteiger partial charge in [0.15, 0.2) is 16.4 Å². The minimum atomic E-state index is -0.0339. The van der Waals surface area contributed by atoms with Gasteiger partial charge in [-0.15, -0.1) is 0 Å². The highest BCUT2D eigenvalue weighted by Gasteiger charge is 2.23. The number of morpholine rings is 1. The first-order chi connectivity index (χ1) is 16.5. The maximum Gasteiger partial charge on any atom is 0.176 e. The van der Waals surface area contributed by atoms with Gasteiger partial charge in [0.1, 0.15) is 5.76 Å². The number of hydrogen-bond donors (Lipinski definition) is 1. The summed E-state index contributed by atoms with van der Waals surface area (Å²) in [6, 6.07) is 14.4. The SMILES string of the molecule is COc1cccc2cc([C@H](C)N(CCCN3CCOCC3)C(=S)Nc3ccc(C)c(C)c3)oc12. The number of thiocarbonyl (C=S) groups is 1. The summed E-state index contributed by atoms with van der Waals surface area (Å²) in [6.45, 7) is 11.8. The summed E-state index contributed by atoms with van der Waals surface area (Å²) in [6.07, 6.45) is 1.00. The summed E-state index contributed by atoms with van der Waals surface area (Å²) in [5.41, 5.74) is 4.28. The average Bonchev–Trinajstić information content (AvgIpc) is 3.29. The van der Waals surface area contributed by atoms with Crippen molar-refractivity contribution >= 4 is 34.0 Å². The van der Waals surface area contributed by atoms with Crippen molar-refractivity contribution < 1.29 is 13.9 Å². The number of fused-ring (bicyclic) bond motifs is 1. The van der Waals surface area contributed by atoms with Gasteiger partial charge in [0.05, 0.1) is 26.4 Å². The fourth-order valence-corrected chi connectivity index (χ4v) is 4.72. The van der Waals surface area contributed by atoms with Crippen molar-refractivity contribution in [2.45, 2.75) is 33.2 Å². The van der Waals surface area contributed by atoms with Crippen LogP contribution in [0.25, 0.3) is 11.0 Å². The Morgan fingerprint density at radius 2 is 1.94 bits per heavy atom. The number of nitrogens with one attached hydrogen (secondary N) is 1. The van der Waals surface area contributed by atoms with Gasteiger partial charge in [-0.2, -0.15) is 0 Å². The second-order valence-corrected chi connectivity index (χ2v) is 9.32. The molecule has 0 unspecified atom stereocenters. The molecule has 0 aliphatic carbocycles. The first-order valence-electron chi connectivity index (χ1n) is 12.0. The summed E-state index contributed by atoms with van der Waals surface area (Å²) in [4.78, 5) is 4.69. The van der Waals surface area contributed by atoms with Crippen LogP contribution in [0.1, 0.15) is 36.3 Å². The van der Waals surface area contributed by atoms with Gasteiger partial charge in [0, 0.05) is 37.3 Å². The quantitative estimate of drug-likeness (QED) is 0.424. The Hall–Kier alpha value is -2.61. The second kappa shape index (κ2) is 11.2. The molecule has 3 aromatic rings. The molecule has 4 rings (SSSR count). The lowest BCUT2D eigenvalue weighted by molar-refractivity contribution is 0.0365. The third-order valence-electron chi connectivity index (χ3n) is 6.62. The Kier molecular flexibility index (Phi) is 8.08. The molecule has 34 heavy (non-hydrogen) atoms. The number of methoxy groups -OCH3 is 1. The van der Waals surface area contributed by atoms with Crippen LogP contribution < -0.4 is 10.1 Å². The number of para-hydroxylation sites is 1. The maximum absolute atomic E-state index is 6.28. The number of furan rings is 1. The van der Waals surface area contributed by atoms with Gasteiger partial charge in [-0.05, 0) is 74.8 Å². The topological polar surface area (TPSA) is 50.1 Å². The van der Waals surface area contributed by atoms with E-state index in [-0.39, 0.29) is 6.04 Å². The van der Waals surface area contributed by atoms with Crippen molar-refractivity contribution in [2.75, 3.05) is 51.8 Å². The zero-order valence-corrected chi connectivity index (χ0v) is 21.4. The van der Waals surface area contributed by atoms with E-state index in [1.54, 1.807) is 7.11 Å². The van der Waals surface area contributed by atoms with Gasteiger partial charge in [-0.1, -0.05) is 18.2 Å². The number of benzene rings is 2. The minimum absolute atomic E-state index is 0.0339. The largest absolute Gasteiger partial charge is 0.493 e. The first-order valence-corrected chi connectivity index (χ1v) is 12.4. The maximum atomic E-state index is 6.28. The molecule has 0 amide bonds.